The SMILES string of the molecule is Cc1ccc(NC2(C(=O)O)CCC(C)CC2)cc1. The molecule has 98 valence electrons. The van der Waals surface area contributed by atoms with Gasteiger partial charge in [0.15, 0.2) is 0 Å². The van der Waals surface area contributed by atoms with E-state index < -0.39 is 11.5 Å². The molecule has 0 aliphatic heterocycles. The highest BCUT2D eigenvalue weighted by Crippen LogP contribution is 2.34. The Morgan fingerprint density at radius 3 is 2.33 bits per heavy atom. The van der Waals surface area contributed by atoms with Crippen molar-refractivity contribution in [2.45, 2.75) is 45.1 Å². The molecular weight excluding hydrogens is 226 g/mol. The number of anilines is 1. The summed E-state index contributed by atoms with van der Waals surface area (Å²) in [7, 11) is 0. The van der Waals surface area contributed by atoms with Crippen LogP contribution in [0.25, 0.3) is 0 Å². The monoisotopic (exact) mass is 247 g/mol. The predicted molar refractivity (Wildman–Crippen MR) is 72.8 cm³/mol. The Kier molecular flexibility index (Phi) is 3.60. The van der Waals surface area contributed by atoms with Crippen molar-refractivity contribution in [3.63, 3.8) is 0 Å². The second-order valence-corrected chi connectivity index (χ2v) is 5.56. The van der Waals surface area contributed by atoms with Gasteiger partial charge in [0.05, 0.1) is 0 Å². The topological polar surface area (TPSA) is 49.3 Å². The second-order valence-electron chi connectivity index (χ2n) is 5.56. The third-order valence-electron chi connectivity index (χ3n) is 3.97. The molecule has 0 bridgehead atoms. The number of hydrogen-bond acceptors (Lipinski definition) is 2. The lowest BCUT2D eigenvalue weighted by molar-refractivity contribution is -0.143. The van der Waals surface area contributed by atoms with Crippen molar-refractivity contribution < 1.29 is 9.90 Å². The zero-order valence-corrected chi connectivity index (χ0v) is 11.1. The van der Waals surface area contributed by atoms with E-state index in [1.807, 2.05) is 31.2 Å². The molecule has 0 radical (unpaired) electrons. The summed E-state index contributed by atoms with van der Waals surface area (Å²) in [5.41, 5.74) is 1.31. The van der Waals surface area contributed by atoms with E-state index >= 15 is 0 Å². The van der Waals surface area contributed by atoms with Gasteiger partial charge in [0.25, 0.3) is 0 Å². The fourth-order valence-corrected chi connectivity index (χ4v) is 2.56. The molecule has 1 aliphatic carbocycles. The van der Waals surface area contributed by atoms with E-state index in [1.54, 1.807) is 0 Å². The molecule has 1 aromatic carbocycles. The number of carbonyl (C=O) groups is 1. The molecule has 1 aliphatic rings. The Morgan fingerprint density at radius 2 is 1.83 bits per heavy atom. The zero-order chi connectivity index (χ0) is 13.2. The number of benzene rings is 1. The van der Waals surface area contributed by atoms with E-state index in [1.165, 1.54) is 5.56 Å². The summed E-state index contributed by atoms with van der Waals surface area (Å²) in [6.45, 7) is 4.22. The lowest BCUT2D eigenvalue weighted by Crippen LogP contribution is -2.48. The molecule has 0 spiro atoms. The summed E-state index contributed by atoms with van der Waals surface area (Å²) >= 11 is 0. The zero-order valence-electron chi connectivity index (χ0n) is 11.1. The second kappa shape index (κ2) is 5.01. The maximum absolute atomic E-state index is 11.6. The van der Waals surface area contributed by atoms with E-state index in [2.05, 4.69) is 12.2 Å². The van der Waals surface area contributed by atoms with Gasteiger partial charge in [-0.25, -0.2) is 4.79 Å². The number of nitrogens with one attached hydrogen (secondary N) is 1. The normalized spacial score (nSPS) is 27.8. The Bertz CT molecular complexity index is 417. The molecule has 2 rings (SSSR count). The number of carboxylic acid groups (broad SMARTS) is 1. The molecule has 0 unspecified atom stereocenters. The number of aliphatic carboxylic acids is 1. The number of aryl methyl sites for hydroxylation is 1. The van der Waals surface area contributed by atoms with E-state index in [-0.39, 0.29) is 0 Å². The van der Waals surface area contributed by atoms with Gasteiger partial charge in [-0.2, -0.15) is 0 Å². The van der Waals surface area contributed by atoms with Crippen LogP contribution < -0.4 is 5.32 Å². The molecule has 0 aromatic heterocycles. The van der Waals surface area contributed by atoms with Crippen LogP contribution in [-0.2, 0) is 4.79 Å². The van der Waals surface area contributed by atoms with Crippen LogP contribution in [0.2, 0.25) is 0 Å². The molecule has 2 N–H and O–H groups in total. The van der Waals surface area contributed by atoms with Crippen LogP contribution in [0.3, 0.4) is 0 Å². The Morgan fingerprint density at radius 1 is 1.28 bits per heavy atom. The highest BCUT2D eigenvalue weighted by Gasteiger charge is 2.41. The third-order valence-corrected chi connectivity index (χ3v) is 3.97. The molecule has 0 atom stereocenters. The first kappa shape index (κ1) is 12.9. The summed E-state index contributed by atoms with van der Waals surface area (Å²) < 4.78 is 0. The summed E-state index contributed by atoms with van der Waals surface area (Å²) in [6, 6.07) is 7.92. The first-order valence-electron chi connectivity index (χ1n) is 6.60. The molecule has 0 heterocycles. The maximum atomic E-state index is 11.6. The van der Waals surface area contributed by atoms with Crippen LogP contribution in [0.1, 0.15) is 38.2 Å². The van der Waals surface area contributed by atoms with Gasteiger partial charge >= 0.3 is 5.97 Å². The lowest BCUT2D eigenvalue weighted by atomic mass is 9.77. The van der Waals surface area contributed by atoms with Gasteiger partial charge in [0.1, 0.15) is 5.54 Å². The van der Waals surface area contributed by atoms with Crippen LogP contribution in [0.15, 0.2) is 24.3 Å². The van der Waals surface area contributed by atoms with Crippen molar-refractivity contribution in [2.24, 2.45) is 5.92 Å². The first-order valence-corrected chi connectivity index (χ1v) is 6.60. The average Bonchev–Trinajstić information content (AvgIpc) is 2.35. The molecule has 1 fully saturated rings. The van der Waals surface area contributed by atoms with E-state index in [0.717, 1.165) is 18.5 Å². The minimum Gasteiger partial charge on any atom is -0.480 e. The Hall–Kier alpha value is -1.51. The van der Waals surface area contributed by atoms with Crippen LogP contribution in [0, 0.1) is 12.8 Å². The molecule has 18 heavy (non-hydrogen) atoms. The molecule has 1 aromatic rings. The summed E-state index contributed by atoms with van der Waals surface area (Å²) in [5, 5.41) is 12.8. The highest BCUT2D eigenvalue weighted by molar-refractivity contribution is 5.83. The van der Waals surface area contributed by atoms with Gasteiger partial charge in [-0.3, -0.25) is 0 Å². The Labute approximate surface area is 108 Å². The minimum atomic E-state index is -0.776. The van der Waals surface area contributed by atoms with Gasteiger partial charge in [-0.05, 0) is 50.7 Å². The highest BCUT2D eigenvalue weighted by atomic mass is 16.4. The van der Waals surface area contributed by atoms with Crippen LogP contribution in [0.5, 0.6) is 0 Å². The summed E-state index contributed by atoms with van der Waals surface area (Å²) in [6.07, 6.45) is 3.37. The quantitative estimate of drug-likeness (QED) is 0.860. The third kappa shape index (κ3) is 2.66. The van der Waals surface area contributed by atoms with Crippen molar-refractivity contribution in [3.8, 4) is 0 Å². The smallest absolute Gasteiger partial charge is 0.329 e. The van der Waals surface area contributed by atoms with Gasteiger partial charge in [-0.1, -0.05) is 24.6 Å². The van der Waals surface area contributed by atoms with E-state index in [4.69, 9.17) is 0 Å². The first-order chi connectivity index (χ1) is 8.52. The van der Waals surface area contributed by atoms with E-state index in [9.17, 15) is 9.90 Å². The number of carboxylic acids is 1. The number of hydrogen-bond donors (Lipinski definition) is 2. The fraction of sp³-hybridized carbons (Fsp3) is 0.533. The van der Waals surface area contributed by atoms with Crippen molar-refractivity contribution in [2.75, 3.05) is 5.32 Å². The standard InChI is InChI=1S/C15H21NO2/c1-11-3-5-13(6-4-11)16-15(14(17)18)9-7-12(2)8-10-15/h3-6,12,16H,7-10H2,1-2H3,(H,17,18). The summed E-state index contributed by atoms with van der Waals surface area (Å²) in [5.74, 6) is -0.0905. The molecule has 3 heteroatoms. The van der Waals surface area contributed by atoms with Crippen LogP contribution in [0.4, 0.5) is 5.69 Å². The van der Waals surface area contributed by atoms with Crippen LogP contribution in [-0.4, -0.2) is 16.6 Å². The summed E-state index contributed by atoms with van der Waals surface area (Å²) in [4.78, 5) is 11.6. The molecule has 1 saturated carbocycles. The molecule has 0 amide bonds. The minimum absolute atomic E-state index is 0.636. The van der Waals surface area contributed by atoms with Crippen molar-refractivity contribution in [3.05, 3.63) is 29.8 Å². The maximum Gasteiger partial charge on any atom is 0.329 e. The van der Waals surface area contributed by atoms with E-state index in [0.29, 0.717) is 18.8 Å². The largest absolute Gasteiger partial charge is 0.480 e. The van der Waals surface area contributed by atoms with Crippen molar-refractivity contribution >= 4 is 11.7 Å². The Balaban J connectivity index is 2.16. The van der Waals surface area contributed by atoms with Gasteiger partial charge in [-0.15, -0.1) is 0 Å². The average molecular weight is 247 g/mol. The van der Waals surface area contributed by atoms with Gasteiger partial charge in [0, 0.05) is 5.69 Å². The lowest BCUT2D eigenvalue weighted by Gasteiger charge is -2.37. The molecule has 3 nitrogen and oxygen atoms in total. The molecule has 0 saturated heterocycles. The predicted octanol–water partition coefficient (Wildman–Crippen LogP) is 3.44. The van der Waals surface area contributed by atoms with Crippen molar-refractivity contribution in [1.29, 1.82) is 0 Å². The van der Waals surface area contributed by atoms with Gasteiger partial charge < -0.3 is 10.4 Å². The fourth-order valence-electron chi connectivity index (χ4n) is 2.56. The molecular formula is C15H21NO2. The number of rotatable bonds is 3. The van der Waals surface area contributed by atoms with Crippen molar-refractivity contribution in [1.82, 2.24) is 0 Å². The van der Waals surface area contributed by atoms with Crippen LogP contribution >= 0.6 is 0 Å². The van der Waals surface area contributed by atoms with Gasteiger partial charge in [0.2, 0.25) is 0 Å².